The van der Waals surface area contributed by atoms with E-state index in [1.807, 2.05) is 0 Å². The highest BCUT2D eigenvalue weighted by Crippen LogP contribution is 2.33. The lowest BCUT2D eigenvalue weighted by molar-refractivity contribution is 0.184. The van der Waals surface area contributed by atoms with Gasteiger partial charge in [-0.25, -0.2) is 0 Å². The van der Waals surface area contributed by atoms with Gasteiger partial charge < -0.3 is 4.90 Å². The number of fused-ring (bicyclic) bond motifs is 1. The minimum atomic E-state index is 0.239. The lowest BCUT2D eigenvalue weighted by Crippen LogP contribution is -2.39. The summed E-state index contributed by atoms with van der Waals surface area (Å²) < 4.78 is 0. The van der Waals surface area contributed by atoms with Gasteiger partial charge in [-0.05, 0) is 51.8 Å². The van der Waals surface area contributed by atoms with E-state index in [1.165, 1.54) is 11.1 Å². The lowest BCUT2D eigenvalue weighted by Gasteiger charge is -2.30. The van der Waals surface area contributed by atoms with Crippen LogP contribution in [0.3, 0.4) is 0 Å². The standard InChI is InChI=1S/C15H24N2/c1-11(2)17-10-14-9-16(15(4,5)6)8-13(14)7-12(17)3/h7,10-11H,3,8-9H2,1-2,4-6H3. The molecule has 0 bridgehead atoms. The molecule has 0 unspecified atom stereocenters. The second kappa shape index (κ2) is 4.02. The third kappa shape index (κ3) is 2.32. The summed E-state index contributed by atoms with van der Waals surface area (Å²) in [7, 11) is 0. The topological polar surface area (TPSA) is 6.48 Å². The van der Waals surface area contributed by atoms with Crippen molar-refractivity contribution in [3.63, 3.8) is 0 Å². The molecule has 2 aliphatic rings. The van der Waals surface area contributed by atoms with Crippen LogP contribution in [0, 0.1) is 0 Å². The summed E-state index contributed by atoms with van der Waals surface area (Å²) in [4.78, 5) is 4.78. The molecule has 0 aliphatic carbocycles. The number of hydrogen-bond acceptors (Lipinski definition) is 2. The SMILES string of the molecule is C=C1C=C2CN(C(C)(C)C)CC2=CN1C(C)C. The highest BCUT2D eigenvalue weighted by Gasteiger charge is 2.32. The van der Waals surface area contributed by atoms with Gasteiger partial charge in [0.25, 0.3) is 0 Å². The predicted octanol–water partition coefficient (Wildman–Crippen LogP) is 3.15. The van der Waals surface area contributed by atoms with E-state index in [2.05, 4.69) is 63.3 Å². The lowest BCUT2D eigenvalue weighted by atomic mass is 10.1. The Morgan fingerprint density at radius 2 is 1.76 bits per heavy atom. The third-order valence-corrected chi connectivity index (χ3v) is 3.61. The van der Waals surface area contributed by atoms with Crippen LogP contribution in [0.4, 0.5) is 0 Å². The number of allylic oxidation sites excluding steroid dienone is 1. The molecule has 2 rings (SSSR count). The van der Waals surface area contributed by atoms with Crippen LogP contribution in [0.1, 0.15) is 34.6 Å². The average molecular weight is 232 g/mol. The molecule has 2 nitrogen and oxygen atoms in total. The van der Waals surface area contributed by atoms with E-state index in [0.717, 1.165) is 18.8 Å². The molecule has 0 spiro atoms. The largest absolute Gasteiger partial charge is 0.346 e. The fourth-order valence-corrected chi connectivity index (χ4v) is 2.41. The maximum Gasteiger partial charge on any atom is 0.0338 e. The second-order valence-electron chi connectivity index (χ2n) is 6.34. The van der Waals surface area contributed by atoms with Crippen LogP contribution in [0.2, 0.25) is 0 Å². The van der Waals surface area contributed by atoms with Gasteiger partial charge in [0.15, 0.2) is 0 Å². The summed E-state index contributed by atoms with van der Waals surface area (Å²) in [5.41, 5.74) is 4.26. The first kappa shape index (κ1) is 12.4. The molecular weight excluding hydrogens is 208 g/mol. The van der Waals surface area contributed by atoms with Crippen molar-refractivity contribution >= 4 is 0 Å². The minimum absolute atomic E-state index is 0.239. The molecule has 94 valence electrons. The van der Waals surface area contributed by atoms with Gasteiger partial charge in [0, 0.05) is 36.6 Å². The monoisotopic (exact) mass is 232 g/mol. The molecule has 0 radical (unpaired) electrons. The zero-order valence-electron chi connectivity index (χ0n) is 11.7. The van der Waals surface area contributed by atoms with Crippen molar-refractivity contribution in [3.8, 4) is 0 Å². The van der Waals surface area contributed by atoms with Crippen LogP contribution in [0.15, 0.2) is 35.7 Å². The van der Waals surface area contributed by atoms with Crippen molar-refractivity contribution in [1.82, 2.24) is 9.80 Å². The summed E-state index contributed by atoms with van der Waals surface area (Å²) in [5, 5.41) is 0. The Morgan fingerprint density at radius 3 is 2.29 bits per heavy atom. The van der Waals surface area contributed by atoms with Gasteiger partial charge in [0.05, 0.1) is 0 Å². The van der Waals surface area contributed by atoms with Crippen LogP contribution in [0.5, 0.6) is 0 Å². The second-order valence-corrected chi connectivity index (χ2v) is 6.34. The first-order chi connectivity index (χ1) is 7.79. The molecular formula is C15H24N2. The van der Waals surface area contributed by atoms with Gasteiger partial charge in [-0.1, -0.05) is 6.58 Å². The van der Waals surface area contributed by atoms with Crippen molar-refractivity contribution in [2.24, 2.45) is 0 Å². The Balaban J connectivity index is 2.24. The number of likely N-dealkylation sites (tertiary alicyclic amines) is 1. The fourth-order valence-electron chi connectivity index (χ4n) is 2.41. The van der Waals surface area contributed by atoms with E-state index in [0.29, 0.717) is 6.04 Å². The summed E-state index contributed by atoms with van der Waals surface area (Å²) in [6.45, 7) is 17.5. The number of hydrogen-bond donors (Lipinski definition) is 0. The number of rotatable bonds is 1. The Kier molecular flexibility index (Phi) is 2.94. The molecule has 17 heavy (non-hydrogen) atoms. The van der Waals surface area contributed by atoms with Crippen LogP contribution in [-0.4, -0.2) is 34.5 Å². The van der Waals surface area contributed by atoms with E-state index in [4.69, 9.17) is 0 Å². The van der Waals surface area contributed by atoms with E-state index < -0.39 is 0 Å². The Bertz CT molecular complexity index is 394. The molecule has 1 saturated heterocycles. The molecule has 0 aromatic heterocycles. The fraction of sp³-hybridized carbons (Fsp3) is 0.600. The smallest absolute Gasteiger partial charge is 0.0338 e. The quantitative estimate of drug-likeness (QED) is 0.685. The maximum absolute atomic E-state index is 4.15. The summed E-state index contributed by atoms with van der Waals surface area (Å²) in [6.07, 6.45) is 4.54. The predicted molar refractivity (Wildman–Crippen MR) is 73.6 cm³/mol. The summed E-state index contributed by atoms with van der Waals surface area (Å²) in [6, 6.07) is 0.483. The van der Waals surface area contributed by atoms with Crippen molar-refractivity contribution in [2.75, 3.05) is 13.1 Å². The third-order valence-electron chi connectivity index (χ3n) is 3.61. The molecule has 0 aromatic rings. The first-order valence-corrected chi connectivity index (χ1v) is 6.43. The van der Waals surface area contributed by atoms with E-state index >= 15 is 0 Å². The molecule has 2 heteroatoms. The highest BCUT2D eigenvalue weighted by atomic mass is 15.2. The molecule has 2 heterocycles. The van der Waals surface area contributed by atoms with Crippen LogP contribution >= 0.6 is 0 Å². The minimum Gasteiger partial charge on any atom is -0.346 e. The van der Waals surface area contributed by atoms with E-state index in [1.54, 1.807) is 0 Å². The first-order valence-electron chi connectivity index (χ1n) is 6.43. The van der Waals surface area contributed by atoms with Gasteiger partial charge >= 0.3 is 0 Å². The molecule has 0 atom stereocenters. The molecule has 0 amide bonds. The Labute approximate surface area is 105 Å². The Hall–Kier alpha value is -1.02. The van der Waals surface area contributed by atoms with Crippen molar-refractivity contribution in [2.45, 2.75) is 46.2 Å². The molecule has 1 fully saturated rings. The summed E-state index contributed by atoms with van der Waals surface area (Å²) >= 11 is 0. The van der Waals surface area contributed by atoms with Crippen LogP contribution < -0.4 is 0 Å². The molecule has 0 N–H and O–H groups in total. The van der Waals surface area contributed by atoms with Gasteiger partial charge in [-0.15, -0.1) is 0 Å². The summed E-state index contributed by atoms with van der Waals surface area (Å²) in [5.74, 6) is 0. The Morgan fingerprint density at radius 1 is 1.18 bits per heavy atom. The molecule has 2 aliphatic heterocycles. The van der Waals surface area contributed by atoms with Crippen LogP contribution in [0.25, 0.3) is 0 Å². The average Bonchev–Trinajstić information content (AvgIpc) is 2.58. The van der Waals surface area contributed by atoms with Crippen molar-refractivity contribution in [3.05, 3.63) is 35.7 Å². The van der Waals surface area contributed by atoms with E-state index in [9.17, 15) is 0 Å². The van der Waals surface area contributed by atoms with Crippen molar-refractivity contribution < 1.29 is 0 Å². The van der Waals surface area contributed by atoms with Gasteiger partial charge in [0.2, 0.25) is 0 Å². The number of nitrogens with zero attached hydrogens (tertiary/aromatic N) is 2. The zero-order valence-corrected chi connectivity index (χ0v) is 11.7. The van der Waals surface area contributed by atoms with Gasteiger partial charge in [0.1, 0.15) is 0 Å². The van der Waals surface area contributed by atoms with Crippen molar-refractivity contribution in [1.29, 1.82) is 0 Å². The molecule has 0 aromatic carbocycles. The van der Waals surface area contributed by atoms with E-state index in [-0.39, 0.29) is 5.54 Å². The van der Waals surface area contributed by atoms with Gasteiger partial charge in [-0.2, -0.15) is 0 Å². The maximum atomic E-state index is 4.15. The van der Waals surface area contributed by atoms with Gasteiger partial charge in [-0.3, -0.25) is 4.90 Å². The normalized spacial score (nSPS) is 21.8. The zero-order chi connectivity index (χ0) is 12.8. The molecule has 0 saturated carbocycles. The van der Waals surface area contributed by atoms with Crippen LogP contribution in [-0.2, 0) is 0 Å². The highest BCUT2D eigenvalue weighted by molar-refractivity contribution is 5.46.